The van der Waals surface area contributed by atoms with Gasteiger partial charge in [-0.3, -0.25) is 0 Å². The van der Waals surface area contributed by atoms with Crippen LogP contribution < -0.4 is 5.73 Å². The number of thiophene rings is 1. The summed E-state index contributed by atoms with van der Waals surface area (Å²) in [5, 5.41) is 4.16. The molecule has 2 aromatic rings. The summed E-state index contributed by atoms with van der Waals surface area (Å²) in [4.78, 5) is 0. The van der Waals surface area contributed by atoms with Crippen LogP contribution in [0.4, 0.5) is 4.39 Å². The van der Waals surface area contributed by atoms with Crippen molar-refractivity contribution < 1.29 is 4.39 Å². The van der Waals surface area contributed by atoms with Crippen molar-refractivity contribution in [2.24, 2.45) is 5.73 Å². The topological polar surface area (TPSA) is 26.0 Å². The quantitative estimate of drug-likeness (QED) is 0.887. The fourth-order valence-electron chi connectivity index (χ4n) is 1.58. The van der Waals surface area contributed by atoms with Crippen LogP contribution in [0.5, 0.6) is 0 Å². The Balaban J connectivity index is 2.21. The van der Waals surface area contributed by atoms with Crippen LogP contribution in [0.25, 0.3) is 0 Å². The highest BCUT2D eigenvalue weighted by atomic mass is 35.5. The van der Waals surface area contributed by atoms with Crippen LogP contribution in [-0.2, 0) is 6.42 Å². The zero-order chi connectivity index (χ0) is 11.5. The summed E-state index contributed by atoms with van der Waals surface area (Å²) in [7, 11) is 0. The van der Waals surface area contributed by atoms with E-state index in [1.807, 2.05) is 16.8 Å². The molecule has 0 saturated carbocycles. The van der Waals surface area contributed by atoms with E-state index in [4.69, 9.17) is 17.3 Å². The lowest BCUT2D eigenvalue weighted by atomic mass is 10.0. The highest BCUT2D eigenvalue weighted by Crippen LogP contribution is 2.26. The second-order valence-corrected chi connectivity index (χ2v) is 4.74. The maximum atomic E-state index is 13.2. The third-order valence-electron chi connectivity index (χ3n) is 2.42. The van der Waals surface area contributed by atoms with Gasteiger partial charge in [-0.25, -0.2) is 4.39 Å². The molecule has 0 amide bonds. The van der Waals surface area contributed by atoms with E-state index >= 15 is 0 Å². The second kappa shape index (κ2) is 4.95. The SMILES string of the molecule is NC(Cc1ccsc1)c1cccc(F)c1Cl. The molecule has 84 valence electrons. The van der Waals surface area contributed by atoms with Gasteiger partial charge in [-0.1, -0.05) is 23.7 Å². The Morgan fingerprint density at radius 2 is 2.19 bits per heavy atom. The minimum absolute atomic E-state index is 0.130. The smallest absolute Gasteiger partial charge is 0.142 e. The van der Waals surface area contributed by atoms with E-state index in [1.165, 1.54) is 6.07 Å². The average molecular weight is 256 g/mol. The Morgan fingerprint density at radius 1 is 1.38 bits per heavy atom. The lowest BCUT2D eigenvalue weighted by Crippen LogP contribution is -2.13. The van der Waals surface area contributed by atoms with Gasteiger partial charge in [0.15, 0.2) is 0 Å². The first-order valence-electron chi connectivity index (χ1n) is 4.89. The van der Waals surface area contributed by atoms with Gasteiger partial charge in [0.1, 0.15) is 5.82 Å². The zero-order valence-corrected chi connectivity index (χ0v) is 10.1. The van der Waals surface area contributed by atoms with E-state index in [1.54, 1.807) is 23.5 Å². The monoisotopic (exact) mass is 255 g/mol. The van der Waals surface area contributed by atoms with Crippen molar-refractivity contribution in [3.05, 3.63) is 57.0 Å². The molecule has 0 fully saturated rings. The van der Waals surface area contributed by atoms with E-state index in [0.29, 0.717) is 12.0 Å². The molecule has 1 unspecified atom stereocenters. The maximum Gasteiger partial charge on any atom is 0.142 e. The van der Waals surface area contributed by atoms with Crippen molar-refractivity contribution in [1.82, 2.24) is 0 Å². The third kappa shape index (κ3) is 2.43. The summed E-state index contributed by atoms with van der Waals surface area (Å²) in [6.07, 6.45) is 0.673. The molecule has 1 atom stereocenters. The molecular formula is C12H11ClFNS. The van der Waals surface area contributed by atoms with Crippen LogP contribution in [0.15, 0.2) is 35.0 Å². The summed E-state index contributed by atoms with van der Waals surface area (Å²) >= 11 is 7.50. The Kier molecular flexibility index (Phi) is 3.59. The Hall–Kier alpha value is -0.900. The summed E-state index contributed by atoms with van der Waals surface area (Å²) in [5.74, 6) is -0.417. The van der Waals surface area contributed by atoms with Crippen molar-refractivity contribution in [3.8, 4) is 0 Å². The van der Waals surface area contributed by atoms with Crippen LogP contribution in [0.1, 0.15) is 17.2 Å². The molecule has 2 rings (SSSR count). The average Bonchev–Trinajstić information content (AvgIpc) is 2.74. The Bertz CT molecular complexity index is 470. The van der Waals surface area contributed by atoms with Gasteiger partial charge in [0.05, 0.1) is 5.02 Å². The van der Waals surface area contributed by atoms with Crippen molar-refractivity contribution in [2.45, 2.75) is 12.5 Å². The van der Waals surface area contributed by atoms with Gasteiger partial charge >= 0.3 is 0 Å². The van der Waals surface area contributed by atoms with E-state index in [2.05, 4.69) is 0 Å². The molecule has 16 heavy (non-hydrogen) atoms. The van der Waals surface area contributed by atoms with E-state index in [9.17, 15) is 4.39 Å². The second-order valence-electron chi connectivity index (χ2n) is 3.59. The first-order valence-corrected chi connectivity index (χ1v) is 6.21. The molecule has 0 radical (unpaired) electrons. The first kappa shape index (κ1) is 11.6. The van der Waals surface area contributed by atoms with E-state index in [-0.39, 0.29) is 11.1 Å². The number of benzene rings is 1. The summed E-state index contributed by atoms with van der Waals surface area (Å²) < 4.78 is 13.2. The molecule has 0 saturated heterocycles. The Labute approximate surface area is 103 Å². The highest BCUT2D eigenvalue weighted by molar-refractivity contribution is 7.07. The number of halogens is 2. The molecule has 1 heterocycles. The van der Waals surface area contributed by atoms with Gasteiger partial charge < -0.3 is 5.73 Å². The van der Waals surface area contributed by atoms with Crippen LogP contribution in [0.3, 0.4) is 0 Å². The Morgan fingerprint density at radius 3 is 2.88 bits per heavy atom. The van der Waals surface area contributed by atoms with Crippen LogP contribution >= 0.6 is 22.9 Å². The van der Waals surface area contributed by atoms with Gasteiger partial charge in [0, 0.05) is 6.04 Å². The number of hydrogen-bond acceptors (Lipinski definition) is 2. The van der Waals surface area contributed by atoms with E-state index < -0.39 is 5.82 Å². The van der Waals surface area contributed by atoms with Crippen LogP contribution in [-0.4, -0.2) is 0 Å². The lowest BCUT2D eigenvalue weighted by Gasteiger charge is -2.13. The predicted molar refractivity (Wildman–Crippen MR) is 66.4 cm³/mol. The number of rotatable bonds is 3. The van der Waals surface area contributed by atoms with Crippen molar-refractivity contribution >= 4 is 22.9 Å². The molecule has 1 nitrogen and oxygen atoms in total. The lowest BCUT2D eigenvalue weighted by molar-refractivity contribution is 0.619. The molecule has 0 aliphatic rings. The molecule has 4 heteroatoms. The van der Waals surface area contributed by atoms with Crippen LogP contribution in [0, 0.1) is 5.82 Å². The van der Waals surface area contributed by atoms with Gasteiger partial charge in [-0.2, -0.15) is 11.3 Å². The highest BCUT2D eigenvalue weighted by Gasteiger charge is 2.13. The van der Waals surface area contributed by atoms with Gasteiger partial charge in [0.25, 0.3) is 0 Å². The van der Waals surface area contributed by atoms with Crippen molar-refractivity contribution in [1.29, 1.82) is 0 Å². The largest absolute Gasteiger partial charge is 0.324 e. The summed E-state index contributed by atoms with van der Waals surface area (Å²) in [6.45, 7) is 0. The molecule has 1 aromatic heterocycles. The molecular weight excluding hydrogens is 245 g/mol. The fourth-order valence-corrected chi connectivity index (χ4v) is 2.53. The predicted octanol–water partition coefficient (Wildman–Crippen LogP) is 3.78. The molecule has 2 N–H and O–H groups in total. The minimum atomic E-state index is -0.417. The van der Waals surface area contributed by atoms with Crippen molar-refractivity contribution in [2.75, 3.05) is 0 Å². The zero-order valence-electron chi connectivity index (χ0n) is 8.49. The standard InChI is InChI=1S/C12H11ClFNS/c13-12-9(2-1-3-10(12)14)11(15)6-8-4-5-16-7-8/h1-5,7,11H,6,15H2. The number of hydrogen-bond donors (Lipinski definition) is 1. The van der Waals surface area contributed by atoms with Gasteiger partial charge in [-0.05, 0) is 40.4 Å². The molecule has 1 aromatic carbocycles. The van der Waals surface area contributed by atoms with Gasteiger partial charge in [0.2, 0.25) is 0 Å². The van der Waals surface area contributed by atoms with E-state index in [0.717, 1.165) is 5.56 Å². The van der Waals surface area contributed by atoms with Crippen molar-refractivity contribution in [3.63, 3.8) is 0 Å². The third-order valence-corrected chi connectivity index (χ3v) is 3.55. The maximum absolute atomic E-state index is 13.2. The molecule has 0 spiro atoms. The fraction of sp³-hybridized carbons (Fsp3) is 0.167. The molecule has 0 aliphatic carbocycles. The molecule has 0 aliphatic heterocycles. The summed E-state index contributed by atoms with van der Waals surface area (Å²) in [5.41, 5.74) is 7.82. The van der Waals surface area contributed by atoms with Gasteiger partial charge in [-0.15, -0.1) is 0 Å². The normalized spacial score (nSPS) is 12.7. The minimum Gasteiger partial charge on any atom is -0.324 e. The summed E-state index contributed by atoms with van der Waals surface area (Å²) in [6, 6.07) is 6.48. The van der Waals surface area contributed by atoms with Crippen LogP contribution in [0.2, 0.25) is 5.02 Å². The first-order chi connectivity index (χ1) is 7.68. The number of nitrogens with two attached hydrogens (primary N) is 1. The molecule has 0 bridgehead atoms.